The highest BCUT2D eigenvalue weighted by molar-refractivity contribution is 7.09. The SMILES string of the molecule is CCC[C@H]1NC(=O)c2csc(n2)[C@@H](C(C)C)NC(=O)[C@H](Cc2ccc(OC)cc2)N(C)C(=O)[C@H](Cc2ccc(OC)cc2)N(C)C(=O)[C@H](C(C)C)NC(=O)[C@@H]1C. The normalized spacial score (nSPS) is 23.2. The molecule has 14 heteroatoms. The van der Waals surface area contributed by atoms with Gasteiger partial charge in [0.25, 0.3) is 5.91 Å². The van der Waals surface area contributed by atoms with Crippen molar-refractivity contribution in [2.45, 2.75) is 97.4 Å². The minimum absolute atomic E-state index is 0.128. The van der Waals surface area contributed by atoms with Gasteiger partial charge in [0.15, 0.2) is 0 Å². The summed E-state index contributed by atoms with van der Waals surface area (Å²) in [5, 5.41) is 11.3. The van der Waals surface area contributed by atoms with Gasteiger partial charge in [0.2, 0.25) is 23.6 Å². The van der Waals surface area contributed by atoms with Gasteiger partial charge in [0.1, 0.15) is 40.3 Å². The molecule has 1 aliphatic rings. The van der Waals surface area contributed by atoms with Crippen LogP contribution in [0.15, 0.2) is 53.9 Å². The summed E-state index contributed by atoms with van der Waals surface area (Å²) in [4.78, 5) is 79.0. The first-order chi connectivity index (χ1) is 26.6. The number of carbonyl (C=O) groups excluding carboxylic acids is 5. The van der Waals surface area contributed by atoms with E-state index in [4.69, 9.17) is 9.47 Å². The number of ether oxygens (including phenoxy) is 2. The van der Waals surface area contributed by atoms with Crippen molar-refractivity contribution in [3.8, 4) is 11.5 Å². The van der Waals surface area contributed by atoms with E-state index < -0.39 is 65.7 Å². The second-order valence-electron chi connectivity index (χ2n) is 15.2. The van der Waals surface area contributed by atoms with Gasteiger partial charge in [-0.3, -0.25) is 24.0 Å². The summed E-state index contributed by atoms with van der Waals surface area (Å²) in [7, 11) is 6.27. The highest BCUT2D eigenvalue weighted by atomic mass is 32.1. The standard InChI is InChI=1S/C42H58N6O7S/c1-11-12-31-26(6)37(49)46-36(25(4)5)42(53)48(8)34(22-28-15-19-30(55-10)20-16-28)41(52)47(7)33(21-27-13-17-29(54-9)18-14-27)39(51)45-35(24(2)3)40-44-32(23-56-40)38(50)43-31/h13-20,23-26,31,33-36H,11-12,21-22H2,1-10H3,(H,43,50)(H,45,51)(H,46,49)/t26-,31-,33+,34+,35-,36+/m1/s1. The number of amides is 5. The minimum Gasteiger partial charge on any atom is -0.497 e. The number of fused-ring (bicyclic) bond motifs is 2. The Labute approximate surface area is 334 Å². The number of nitrogens with one attached hydrogen (secondary N) is 3. The maximum Gasteiger partial charge on any atom is 0.271 e. The van der Waals surface area contributed by atoms with Gasteiger partial charge in [0.05, 0.1) is 26.2 Å². The smallest absolute Gasteiger partial charge is 0.271 e. The predicted molar refractivity (Wildman–Crippen MR) is 216 cm³/mol. The molecule has 0 spiro atoms. The summed E-state index contributed by atoms with van der Waals surface area (Å²) >= 11 is 1.26. The third-order valence-corrected chi connectivity index (χ3v) is 11.5. The largest absolute Gasteiger partial charge is 0.497 e. The van der Waals surface area contributed by atoms with Crippen molar-refractivity contribution in [3.05, 3.63) is 75.7 Å². The number of benzene rings is 2. The first-order valence-corrected chi connectivity index (χ1v) is 20.1. The van der Waals surface area contributed by atoms with Crippen molar-refractivity contribution >= 4 is 40.9 Å². The van der Waals surface area contributed by atoms with Crippen LogP contribution in [0.1, 0.15) is 87.0 Å². The molecule has 5 amide bonds. The maximum absolute atomic E-state index is 14.9. The lowest BCUT2D eigenvalue weighted by Gasteiger charge is -2.37. The summed E-state index contributed by atoms with van der Waals surface area (Å²) in [5.41, 5.74) is 1.73. The number of carbonyl (C=O) groups is 5. The van der Waals surface area contributed by atoms with Crippen LogP contribution < -0.4 is 25.4 Å². The summed E-state index contributed by atoms with van der Waals surface area (Å²) in [6.45, 7) is 11.3. The molecule has 56 heavy (non-hydrogen) atoms. The zero-order valence-corrected chi connectivity index (χ0v) is 35.1. The summed E-state index contributed by atoms with van der Waals surface area (Å²) in [5.74, 6) is -2.05. The zero-order chi connectivity index (χ0) is 41.3. The van der Waals surface area contributed by atoms with Crippen LogP contribution in [0.3, 0.4) is 0 Å². The molecule has 2 heterocycles. The van der Waals surface area contributed by atoms with Gasteiger partial charge in [-0.15, -0.1) is 11.3 Å². The highest BCUT2D eigenvalue weighted by Gasteiger charge is 2.40. The van der Waals surface area contributed by atoms with Gasteiger partial charge >= 0.3 is 0 Å². The Hall–Kier alpha value is -4.98. The van der Waals surface area contributed by atoms with Crippen LogP contribution in [0, 0.1) is 17.8 Å². The molecule has 0 radical (unpaired) electrons. The Bertz CT molecular complexity index is 1810. The van der Waals surface area contributed by atoms with Crippen molar-refractivity contribution in [3.63, 3.8) is 0 Å². The number of aromatic nitrogens is 1. The van der Waals surface area contributed by atoms with E-state index in [1.165, 1.54) is 21.1 Å². The fourth-order valence-corrected chi connectivity index (χ4v) is 7.83. The molecule has 0 unspecified atom stereocenters. The first-order valence-electron chi connectivity index (χ1n) is 19.3. The van der Waals surface area contributed by atoms with Gasteiger partial charge in [-0.25, -0.2) is 4.98 Å². The molecule has 0 fully saturated rings. The van der Waals surface area contributed by atoms with E-state index in [-0.39, 0.29) is 30.4 Å². The summed E-state index contributed by atoms with van der Waals surface area (Å²) < 4.78 is 10.7. The molecular weight excluding hydrogens is 733 g/mol. The Kier molecular flexibility index (Phi) is 15.4. The lowest BCUT2D eigenvalue weighted by Crippen LogP contribution is -2.60. The van der Waals surface area contributed by atoms with Crippen molar-refractivity contribution in [2.75, 3.05) is 28.3 Å². The molecule has 304 valence electrons. The Morgan fingerprint density at radius 2 is 1.21 bits per heavy atom. The number of rotatable bonds is 10. The maximum atomic E-state index is 14.9. The molecule has 4 rings (SSSR count). The van der Waals surface area contributed by atoms with Gasteiger partial charge < -0.3 is 35.2 Å². The van der Waals surface area contributed by atoms with Gasteiger partial charge in [-0.05, 0) is 53.6 Å². The van der Waals surface area contributed by atoms with E-state index in [0.29, 0.717) is 29.3 Å². The van der Waals surface area contributed by atoms with E-state index in [1.807, 2.05) is 58.9 Å². The molecule has 2 aromatic carbocycles. The Morgan fingerprint density at radius 1 is 0.714 bits per heavy atom. The number of thiazole rings is 1. The van der Waals surface area contributed by atoms with Crippen molar-refractivity contribution < 1.29 is 33.4 Å². The molecule has 0 saturated carbocycles. The molecule has 2 bridgehead atoms. The average molecular weight is 791 g/mol. The number of likely N-dealkylation sites (N-methyl/N-ethyl adjacent to an activating group) is 2. The number of nitrogens with zero attached hydrogens (tertiary/aromatic N) is 3. The first kappa shape index (κ1) is 43.7. The van der Waals surface area contributed by atoms with E-state index in [9.17, 15) is 24.0 Å². The molecule has 1 aliphatic heterocycles. The molecule has 0 aliphatic carbocycles. The van der Waals surface area contributed by atoms with Crippen LogP contribution in [0.4, 0.5) is 0 Å². The lowest BCUT2D eigenvalue weighted by atomic mass is 9.94. The Balaban J connectivity index is 1.87. The van der Waals surface area contributed by atoms with Crippen molar-refractivity contribution in [1.82, 2.24) is 30.7 Å². The third kappa shape index (κ3) is 10.7. The van der Waals surface area contributed by atoms with Crippen LogP contribution >= 0.6 is 11.3 Å². The average Bonchev–Trinajstić information content (AvgIpc) is 3.68. The highest BCUT2D eigenvalue weighted by Crippen LogP contribution is 2.27. The number of hydrogen-bond acceptors (Lipinski definition) is 9. The molecular formula is C42H58N6O7S. The molecule has 1 aromatic heterocycles. The van der Waals surface area contributed by atoms with Crippen LogP contribution in [0.5, 0.6) is 11.5 Å². The molecule has 3 aromatic rings. The van der Waals surface area contributed by atoms with E-state index >= 15 is 0 Å². The lowest BCUT2D eigenvalue weighted by molar-refractivity contribution is -0.149. The summed E-state index contributed by atoms with van der Waals surface area (Å²) in [6, 6.07) is 10.3. The minimum atomic E-state index is -1.06. The predicted octanol–water partition coefficient (Wildman–Crippen LogP) is 4.80. The zero-order valence-electron chi connectivity index (χ0n) is 34.3. The van der Waals surface area contributed by atoms with Crippen LogP contribution in [-0.2, 0) is 32.0 Å². The van der Waals surface area contributed by atoms with E-state index in [2.05, 4.69) is 20.9 Å². The van der Waals surface area contributed by atoms with Crippen molar-refractivity contribution in [1.29, 1.82) is 0 Å². The third-order valence-electron chi connectivity index (χ3n) is 10.5. The van der Waals surface area contributed by atoms with E-state index in [1.54, 1.807) is 64.9 Å². The Morgan fingerprint density at radius 3 is 1.71 bits per heavy atom. The second kappa shape index (κ2) is 19.7. The van der Waals surface area contributed by atoms with Gasteiger partial charge in [-0.1, -0.05) is 72.2 Å². The number of methoxy groups -OCH3 is 2. The van der Waals surface area contributed by atoms with Crippen LogP contribution in [0.25, 0.3) is 0 Å². The fraction of sp³-hybridized carbons (Fsp3) is 0.524. The summed E-state index contributed by atoms with van der Waals surface area (Å²) in [6.07, 6.45) is 1.50. The fourth-order valence-electron chi connectivity index (χ4n) is 6.81. The molecule has 13 nitrogen and oxygen atoms in total. The molecule has 6 atom stereocenters. The van der Waals surface area contributed by atoms with Gasteiger partial charge in [0, 0.05) is 38.4 Å². The van der Waals surface area contributed by atoms with Crippen LogP contribution in [-0.4, -0.2) is 96.8 Å². The second-order valence-corrected chi connectivity index (χ2v) is 16.1. The van der Waals surface area contributed by atoms with Crippen molar-refractivity contribution in [2.24, 2.45) is 17.8 Å². The van der Waals surface area contributed by atoms with Gasteiger partial charge in [-0.2, -0.15) is 0 Å². The topological polar surface area (TPSA) is 159 Å². The monoisotopic (exact) mass is 790 g/mol. The molecule has 3 N–H and O–H groups in total. The van der Waals surface area contributed by atoms with Crippen LogP contribution in [0.2, 0.25) is 0 Å². The van der Waals surface area contributed by atoms with E-state index in [0.717, 1.165) is 11.1 Å². The quantitative estimate of drug-likeness (QED) is 0.264. The molecule has 0 saturated heterocycles. The number of hydrogen-bond donors (Lipinski definition) is 3.